The van der Waals surface area contributed by atoms with Crippen LogP contribution in [0, 0.1) is 0 Å². The van der Waals surface area contributed by atoms with Crippen LogP contribution in [0.5, 0.6) is 5.75 Å². The highest BCUT2D eigenvalue weighted by atomic mass is 16.5. The number of hydrogen-bond acceptors (Lipinski definition) is 3. The Morgan fingerprint density at radius 3 is 2.72 bits per heavy atom. The second kappa shape index (κ2) is 5.23. The molecule has 0 unspecified atom stereocenters. The highest BCUT2D eigenvalue weighted by Crippen LogP contribution is 2.26. The lowest BCUT2D eigenvalue weighted by atomic mass is 10.1. The van der Waals surface area contributed by atoms with Crippen LogP contribution in [-0.2, 0) is 20.0 Å². The average Bonchev–Trinajstić information content (AvgIpc) is 2.79. The Hall–Kier alpha value is -1.81. The standard InChI is InChI=1S/C14H19N3O/c1-4-10-7-11(5-6-13(10)18-3)14-16-12(8-15)9-17(14)2/h5-7,9H,4,8,15H2,1-3H3. The molecule has 2 N–H and O–H groups in total. The van der Waals surface area contributed by atoms with Crippen molar-refractivity contribution in [2.45, 2.75) is 19.9 Å². The summed E-state index contributed by atoms with van der Waals surface area (Å²) in [6, 6.07) is 6.15. The normalized spacial score (nSPS) is 10.7. The lowest BCUT2D eigenvalue weighted by molar-refractivity contribution is 0.410. The Kier molecular flexibility index (Phi) is 3.67. The largest absolute Gasteiger partial charge is 0.496 e. The molecule has 0 amide bonds. The number of rotatable bonds is 4. The van der Waals surface area contributed by atoms with Gasteiger partial charge in [0.15, 0.2) is 0 Å². The van der Waals surface area contributed by atoms with E-state index >= 15 is 0 Å². The van der Waals surface area contributed by atoms with Crippen LogP contribution in [0.25, 0.3) is 11.4 Å². The van der Waals surface area contributed by atoms with Crippen molar-refractivity contribution in [3.8, 4) is 17.1 Å². The van der Waals surface area contributed by atoms with E-state index in [1.54, 1.807) is 7.11 Å². The third-order valence-corrected chi connectivity index (χ3v) is 3.05. The molecule has 1 aromatic heterocycles. The number of aryl methyl sites for hydroxylation is 2. The van der Waals surface area contributed by atoms with Gasteiger partial charge in [-0.25, -0.2) is 4.98 Å². The van der Waals surface area contributed by atoms with Gasteiger partial charge in [-0.3, -0.25) is 0 Å². The Morgan fingerprint density at radius 2 is 2.17 bits per heavy atom. The van der Waals surface area contributed by atoms with Crippen molar-refractivity contribution >= 4 is 0 Å². The first kappa shape index (κ1) is 12.6. The summed E-state index contributed by atoms with van der Waals surface area (Å²) in [5, 5.41) is 0. The van der Waals surface area contributed by atoms with Crippen molar-refractivity contribution in [2.24, 2.45) is 12.8 Å². The fraction of sp³-hybridized carbons (Fsp3) is 0.357. The van der Waals surface area contributed by atoms with Crippen LogP contribution in [-0.4, -0.2) is 16.7 Å². The summed E-state index contributed by atoms with van der Waals surface area (Å²) < 4.78 is 7.34. The number of ether oxygens (including phenoxy) is 1. The Bertz CT molecular complexity index is 546. The summed E-state index contributed by atoms with van der Waals surface area (Å²) in [6.45, 7) is 2.58. The van der Waals surface area contributed by atoms with Crippen LogP contribution >= 0.6 is 0 Å². The molecule has 0 spiro atoms. The maximum absolute atomic E-state index is 5.62. The van der Waals surface area contributed by atoms with E-state index in [-0.39, 0.29) is 0 Å². The number of hydrogen-bond donors (Lipinski definition) is 1. The Morgan fingerprint density at radius 1 is 1.39 bits per heavy atom. The molecule has 18 heavy (non-hydrogen) atoms. The first-order valence-electron chi connectivity index (χ1n) is 6.09. The number of methoxy groups -OCH3 is 1. The molecular weight excluding hydrogens is 226 g/mol. The zero-order valence-electron chi connectivity index (χ0n) is 11.1. The van der Waals surface area contributed by atoms with E-state index in [0.717, 1.165) is 29.3 Å². The van der Waals surface area contributed by atoms with E-state index in [9.17, 15) is 0 Å². The lowest BCUT2D eigenvalue weighted by Crippen LogP contribution is -1.96. The SMILES string of the molecule is CCc1cc(-c2nc(CN)cn2C)ccc1OC. The molecule has 2 rings (SSSR count). The van der Waals surface area contributed by atoms with Crippen molar-refractivity contribution in [3.05, 3.63) is 35.7 Å². The molecule has 1 aromatic carbocycles. The van der Waals surface area contributed by atoms with Crippen LogP contribution in [0.4, 0.5) is 0 Å². The third kappa shape index (κ3) is 2.24. The molecule has 4 nitrogen and oxygen atoms in total. The summed E-state index contributed by atoms with van der Waals surface area (Å²) >= 11 is 0. The molecule has 2 aromatic rings. The van der Waals surface area contributed by atoms with E-state index in [2.05, 4.69) is 18.0 Å². The van der Waals surface area contributed by atoms with Crippen molar-refractivity contribution < 1.29 is 4.74 Å². The van der Waals surface area contributed by atoms with Crippen molar-refractivity contribution in [3.63, 3.8) is 0 Å². The smallest absolute Gasteiger partial charge is 0.140 e. The van der Waals surface area contributed by atoms with Crippen molar-refractivity contribution in [1.82, 2.24) is 9.55 Å². The minimum Gasteiger partial charge on any atom is -0.496 e. The van der Waals surface area contributed by atoms with E-state index in [1.165, 1.54) is 5.56 Å². The molecule has 0 aliphatic rings. The zero-order valence-corrected chi connectivity index (χ0v) is 11.1. The van der Waals surface area contributed by atoms with Crippen LogP contribution in [0.15, 0.2) is 24.4 Å². The summed E-state index contributed by atoms with van der Waals surface area (Å²) in [6.07, 6.45) is 2.90. The highest BCUT2D eigenvalue weighted by Gasteiger charge is 2.09. The first-order chi connectivity index (χ1) is 8.69. The molecule has 4 heteroatoms. The molecule has 96 valence electrons. The molecular formula is C14H19N3O. The number of imidazole rings is 1. The molecule has 0 aliphatic carbocycles. The first-order valence-corrected chi connectivity index (χ1v) is 6.09. The number of aromatic nitrogens is 2. The topological polar surface area (TPSA) is 53.1 Å². The molecule has 0 atom stereocenters. The van der Waals surface area contributed by atoms with Crippen LogP contribution in [0.2, 0.25) is 0 Å². The number of nitrogens with zero attached hydrogens (tertiary/aromatic N) is 2. The summed E-state index contributed by atoms with van der Waals surface area (Å²) in [5.41, 5.74) is 8.80. The van der Waals surface area contributed by atoms with Gasteiger partial charge in [0.1, 0.15) is 11.6 Å². The maximum Gasteiger partial charge on any atom is 0.140 e. The molecule has 0 saturated heterocycles. The third-order valence-electron chi connectivity index (χ3n) is 3.05. The van der Waals surface area contributed by atoms with Crippen LogP contribution < -0.4 is 10.5 Å². The van der Waals surface area contributed by atoms with E-state index in [0.29, 0.717) is 6.54 Å². The molecule has 0 fully saturated rings. The van der Waals surface area contributed by atoms with Gasteiger partial charge in [0.05, 0.1) is 12.8 Å². The highest BCUT2D eigenvalue weighted by molar-refractivity contribution is 5.59. The van der Waals surface area contributed by atoms with Gasteiger partial charge in [-0.05, 0) is 30.2 Å². The molecule has 0 saturated carbocycles. The average molecular weight is 245 g/mol. The Labute approximate surface area is 107 Å². The maximum atomic E-state index is 5.62. The molecule has 0 aliphatic heterocycles. The number of benzene rings is 1. The van der Waals surface area contributed by atoms with Gasteiger partial charge >= 0.3 is 0 Å². The second-order valence-corrected chi connectivity index (χ2v) is 4.25. The van der Waals surface area contributed by atoms with Gasteiger partial charge < -0.3 is 15.0 Å². The summed E-state index contributed by atoms with van der Waals surface area (Å²) in [4.78, 5) is 4.53. The van der Waals surface area contributed by atoms with Gasteiger partial charge in [-0.2, -0.15) is 0 Å². The van der Waals surface area contributed by atoms with Crippen LogP contribution in [0.1, 0.15) is 18.2 Å². The van der Waals surface area contributed by atoms with E-state index in [4.69, 9.17) is 10.5 Å². The molecule has 1 heterocycles. The van der Waals surface area contributed by atoms with E-state index < -0.39 is 0 Å². The predicted molar refractivity (Wildman–Crippen MR) is 72.5 cm³/mol. The summed E-state index contributed by atoms with van der Waals surface area (Å²) in [5.74, 6) is 1.86. The predicted octanol–water partition coefficient (Wildman–Crippen LogP) is 2.12. The fourth-order valence-corrected chi connectivity index (χ4v) is 2.09. The van der Waals surface area contributed by atoms with Gasteiger partial charge in [0, 0.05) is 25.4 Å². The van der Waals surface area contributed by atoms with E-state index in [1.807, 2.05) is 29.9 Å². The Balaban J connectivity index is 2.47. The fourth-order valence-electron chi connectivity index (χ4n) is 2.09. The lowest BCUT2D eigenvalue weighted by Gasteiger charge is -2.09. The number of nitrogens with two attached hydrogens (primary N) is 1. The van der Waals surface area contributed by atoms with Crippen molar-refractivity contribution in [1.29, 1.82) is 0 Å². The zero-order chi connectivity index (χ0) is 13.1. The van der Waals surface area contributed by atoms with Crippen molar-refractivity contribution in [2.75, 3.05) is 7.11 Å². The van der Waals surface area contributed by atoms with Gasteiger partial charge in [0.2, 0.25) is 0 Å². The van der Waals surface area contributed by atoms with Gasteiger partial charge in [-0.15, -0.1) is 0 Å². The minimum atomic E-state index is 0.463. The monoisotopic (exact) mass is 245 g/mol. The van der Waals surface area contributed by atoms with Gasteiger partial charge in [0.25, 0.3) is 0 Å². The minimum absolute atomic E-state index is 0.463. The molecule has 0 bridgehead atoms. The summed E-state index contributed by atoms with van der Waals surface area (Å²) in [7, 11) is 3.68. The van der Waals surface area contributed by atoms with Gasteiger partial charge in [-0.1, -0.05) is 6.92 Å². The second-order valence-electron chi connectivity index (χ2n) is 4.25. The molecule has 0 radical (unpaired) electrons. The quantitative estimate of drug-likeness (QED) is 0.897. The van der Waals surface area contributed by atoms with Crippen LogP contribution in [0.3, 0.4) is 0 Å².